The summed E-state index contributed by atoms with van der Waals surface area (Å²) in [6.45, 7) is 0.733. The van der Waals surface area contributed by atoms with Gasteiger partial charge in [0.1, 0.15) is 0 Å². The third-order valence-corrected chi connectivity index (χ3v) is 4.78. The largest absolute Gasteiger partial charge is 0.321 e. The van der Waals surface area contributed by atoms with Gasteiger partial charge >= 0.3 is 0 Å². The van der Waals surface area contributed by atoms with E-state index in [1.165, 1.54) is 6.08 Å². The van der Waals surface area contributed by atoms with Gasteiger partial charge < -0.3 is 10.2 Å². The molecule has 2 aromatic rings. The minimum absolute atomic E-state index is 0.129. The molecule has 7 nitrogen and oxygen atoms in total. The molecule has 1 fully saturated rings. The highest BCUT2D eigenvalue weighted by atomic mass is 32.2. The number of nitrogens with one attached hydrogen (secondary N) is 2. The summed E-state index contributed by atoms with van der Waals surface area (Å²) in [5.41, 5.74) is 2.33. The van der Waals surface area contributed by atoms with Gasteiger partial charge in [0.15, 0.2) is 0 Å². The molecule has 1 aliphatic heterocycles. The highest BCUT2D eigenvalue weighted by Crippen LogP contribution is 2.23. The topological polar surface area (TPSA) is 95.6 Å². The molecule has 8 heteroatoms. The minimum atomic E-state index is -3.45. The third kappa shape index (κ3) is 5.20. The maximum absolute atomic E-state index is 12.2. The van der Waals surface area contributed by atoms with Gasteiger partial charge in [0.25, 0.3) is 0 Å². The number of carbonyl (C=O) groups is 2. The average molecular weight is 399 g/mol. The van der Waals surface area contributed by atoms with E-state index >= 15 is 0 Å². The Labute approximate surface area is 164 Å². The van der Waals surface area contributed by atoms with E-state index in [0.29, 0.717) is 17.8 Å². The Morgan fingerprint density at radius 1 is 1.07 bits per heavy atom. The van der Waals surface area contributed by atoms with Crippen LogP contribution in [0.5, 0.6) is 0 Å². The molecule has 146 valence electrons. The fourth-order valence-electron chi connectivity index (χ4n) is 2.91. The van der Waals surface area contributed by atoms with Gasteiger partial charge in [0, 0.05) is 24.7 Å². The van der Waals surface area contributed by atoms with Crippen LogP contribution in [0.4, 0.5) is 17.1 Å². The number of hydrogen-bond donors (Lipinski definition) is 2. The van der Waals surface area contributed by atoms with Gasteiger partial charge in [0.05, 0.1) is 17.6 Å². The first-order chi connectivity index (χ1) is 13.3. The molecule has 0 aromatic heterocycles. The molecule has 2 amide bonds. The van der Waals surface area contributed by atoms with E-state index in [2.05, 4.69) is 10.0 Å². The molecular weight excluding hydrogens is 378 g/mol. The molecule has 28 heavy (non-hydrogen) atoms. The molecular formula is C20H21N3O4S. The Kier molecular flexibility index (Phi) is 5.79. The molecule has 1 heterocycles. The molecule has 2 N–H and O–H groups in total. The van der Waals surface area contributed by atoms with Crippen LogP contribution in [0.1, 0.15) is 18.4 Å². The normalized spacial score (nSPS) is 14.5. The number of sulfonamides is 1. The number of benzene rings is 2. The Bertz CT molecular complexity index is 1010. The van der Waals surface area contributed by atoms with E-state index in [4.69, 9.17) is 0 Å². The van der Waals surface area contributed by atoms with E-state index in [1.54, 1.807) is 35.2 Å². The highest BCUT2D eigenvalue weighted by molar-refractivity contribution is 7.92. The molecule has 0 aliphatic carbocycles. The lowest BCUT2D eigenvalue weighted by Crippen LogP contribution is -2.23. The number of anilines is 3. The summed E-state index contributed by atoms with van der Waals surface area (Å²) < 4.78 is 25.2. The molecule has 0 radical (unpaired) electrons. The van der Waals surface area contributed by atoms with Crippen molar-refractivity contribution in [3.05, 3.63) is 60.2 Å². The maximum Gasteiger partial charge on any atom is 0.248 e. The summed E-state index contributed by atoms with van der Waals surface area (Å²) in [5.74, 6) is -0.259. The van der Waals surface area contributed by atoms with Crippen LogP contribution in [0.2, 0.25) is 0 Å². The van der Waals surface area contributed by atoms with Crippen LogP contribution in [0.3, 0.4) is 0 Å². The number of amides is 2. The van der Waals surface area contributed by atoms with Crippen molar-refractivity contribution in [2.24, 2.45) is 0 Å². The first-order valence-electron chi connectivity index (χ1n) is 8.78. The van der Waals surface area contributed by atoms with Crippen LogP contribution in [0.15, 0.2) is 54.6 Å². The van der Waals surface area contributed by atoms with Crippen LogP contribution in [-0.2, 0) is 19.6 Å². The van der Waals surface area contributed by atoms with Crippen molar-refractivity contribution in [1.82, 2.24) is 0 Å². The summed E-state index contributed by atoms with van der Waals surface area (Å²) in [6.07, 6.45) is 5.52. The highest BCUT2D eigenvalue weighted by Gasteiger charge is 2.21. The van der Waals surface area contributed by atoms with Crippen LogP contribution < -0.4 is 14.9 Å². The average Bonchev–Trinajstić information content (AvgIpc) is 3.07. The van der Waals surface area contributed by atoms with Crippen LogP contribution >= 0.6 is 0 Å². The molecule has 0 bridgehead atoms. The predicted molar refractivity (Wildman–Crippen MR) is 111 cm³/mol. The molecule has 3 rings (SSSR count). The molecule has 0 atom stereocenters. The number of para-hydroxylation sites is 2. The monoisotopic (exact) mass is 399 g/mol. The second-order valence-corrected chi connectivity index (χ2v) is 8.23. The zero-order valence-electron chi connectivity index (χ0n) is 15.4. The summed E-state index contributed by atoms with van der Waals surface area (Å²) >= 11 is 0. The van der Waals surface area contributed by atoms with Gasteiger partial charge in [-0.25, -0.2) is 8.42 Å². The molecule has 0 unspecified atom stereocenters. The van der Waals surface area contributed by atoms with E-state index in [1.807, 2.05) is 24.3 Å². The summed E-state index contributed by atoms with van der Waals surface area (Å²) in [5, 5.41) is 2.66. The van der Waals surface area contributed by atoms with Crippen LogP contribution in [0.25, 0.3) is 6.08 Å². The van der Waals surface area contributed by atoms with Crippen molar-refractivity contribution < 1.29 is 18.0 Å². The standard InChI is InChI=1S/C20H21N3O4S/c1-28(26,27)22-18-6-3-2-5-17(18)21-19(24)13-10-15-8-11-16(12-9-15)23-14-4-7-20(23)25/h2-3,5-6,8-13,22H,4,7,14H2,1H3,(H,21,24)/b13-10+. The van der Waals surface area contributed by atoms with E-state index in [-0.39, 0.29) is 11.8 Å². The number of rotatable bonds is 6. The lowest BCUT2D eigenvalue weighted by atomic mass is 10.2. The predicted octanol–water partition coefficient (Wildman–Crippen LogP) is 2.84. The lowest BCUT2D eigenvalue weighted by Gasteiger charge is -2.15. The zero-order valence-corrected chi connectivity index (χ0v) is 16.2. The number of carbonyl (C=O) groups excluding carboxylic acids is 2. The quantitative estimate of drug-likeness (QED) is 0.730. The molecule has 1 saturated heterocycles. The fourth-order valence-corrected chi connectivity index (χ4v) is 3.49. The van der Waals surface area contributed by atoms with Crippen molar-refractivity contribution >= 4 is 45.0 Å². The summed E-state index contributed by atoms with van der Waals surface area (Å²) in [4.78, 5) is 25.7. The van der Waals surface area contributed by atoms with E-state index in [0.717, 1.165) is 30.5 Å². The second kappa shape index (κ2) is 8.26. The Morgan fingerprint density at radius 3 is 2.36 bits per heavy atom. The number of hydrogen-bond acceptors (Lipinski definition) is 4. The van der Waals surface area contributed by atoms with E-state index < -0.39 is 10.0 Å². The fraction of sp³-hybridized carbons (Fsp3) is 0.200. The minimum Gasteiger partial charge on any atom is -0.321 e. The lowest BCUT2D eigenvalue weighted by molar-refractivity contribution is -0.117. The van der Waals surface area contributed by atoms with Crippen molar-refractivity contribution in [2.45, 2.75) is 12.8 Å². The smallest absolute Gasteiger partial charge is 0.248 e. The molecule has 0 saturated carbocycles. The van der Waals surface area contributed by atoms with Gasteiger partial charge in [0.2, 0.25) is 21.8 Å². The summed E-state index contributed by atoms with van der Waals surface area (Å²) in [7, 11) is -3.45. The molecule has 2 aromatic carbocycles. The maximum atomic E-state index is 12.2. The van der Waals surface area contributed by atoms with Gasteiger partial charge in [-0.15, -0.1) is 0 Å². The van der Waals surface area contributed by atoms with Gasteiger partial charge in [-0.05, 0) is 42.3 Å². The van der Waals surface area contributed by atoms with Crippen LogP contribution in [0, 0.1) is 0 Å². The first kappa shape index (κ1) is 19.6. The Morgan fingerprint density at radius 2 is 1.75 bits per heavy atom. The van der Waals surface area contributed by atoms with Crippen molar-refractivity contribution in [2.75, 3.05) is 27.7 Å². The molecule has 0 spiro atoms. The van der Waals surface area contributed by atoms with E-state index in [9.17, 15) is 18.0 Å². The SMILES string of the molecule is CS(=O)(=O)Nc1ccccc1NC(=O)/C=C/c1ccc(N2CCCC2=O)cc1. The second-order valence-electron chi connectivity index (χ2n) is 6.48. The molecule has 1 aliphatic rings. The Hall–Kier alpha value is -3.13. The third-order valence-electron chi connectivity index (χ3n) is 4.19. The van der Waals surface area contributed by atoms with Gasteiger partial charge in [-0.3, -0.25) is 14.3 Å². The Balaban J connectivity index is 1.65. The number of nitrogens with zero attached hydrogens (tertiary/aromatic N) is 1. The van der Waals surface area contributed by atoms with Crippen molar-refractivity contribution in [1.29, 1.82) is 0 Å². The van der Waals surface area contributed by atoms with Crippen LogP contribution in [-0.4, -0.2) is 33.0 Å². The summed E-state index contributed by atoms with van der Waals surface area (Å²) in [6, 6.07) is 13.9. The van der Waals surface area contributed by atoms with Gasteiger partial charge in [-0.1, -0.05) is 24.3 Å². The first-order valence-corrected chi connectivity index (χ1v) is 10.7. The van der Waals surface area contributed by atoms with Crippen molar-refractivity contribution in [3.63, 3.8) is 0 Å². The van der Waals surface area contributed by atoms with Gasteiger partial charge in [-0.2, -0.15) is 0 Å². The zero-order chi connectivity index (χ0) is 20.1. The van der Waals surface area contributed by atoms with Crippen molar-refractivity contribution in [3.8, 4) is 0 Å².